The molecule has 0 atom stereocenters. The molecule has 4 nitrogen and oxygen atoms in total. The Morgan fingerprint density at radius 2 is 1.62 bits per heavy atom. The summed E-state index contributed by atoms with van der Waals surface area (Å²) in [4.78, 5) is 26.5. The molecular formula is C22H28N2O2. The molecule has 0 spiro atoms. The van der Waals surface area contributed by atoms with Gasteiger partial charge in [0, 0.05) is 18.3 Å². The first-order chi connectivity index (χ1) is 12.2. The molecule has 0 saturated heterocycles. The zero-order valence-corrected chi connectivity index (χ0v) is 16.3. The minimum absolute atomic E-state index is 0.0134. The average molecular weight is 352 g/mol. The minimum atomic E-state index is -0.204. The number of aryl methyl sites for hydroxylation is 1. The van der Waals surface area contributed by atoms with Gasteiger partial charge >= 0.3 is 0 Å². The zero-order valence-electron chi connectivity index (χ0n) is 16.3. The van der Waals surface area contributed by atoms with Crippen molar-refractivity contribution in [1.82, 2.24) is 0 Å². The first-order valence-corrected chi connectivity index (χ1v) is 8.99. The third-order valence-electron chi connectivity index (χ3n) is 4.36. The van der Waals surface area contributed by atoms with Gasteiger partial charge in [-0.1, -0.05) is 64.1 Å². The monoisotopic (exact) mass is 352 g/mol. The van der Waals surface area contributed by atoms with E-state index < -0.39 is 0 Å². The third kappa shape index (κ3) is 4.72. The van der Waals surface area contributed by atoms with Crippen molar-refractivity contribution in [2.45, 2.75) is 46.5 Å². The number of amides is 2. The van der Waals surface area contributed by atoms with E-state index in [0.29, 0.717) is 0 Å². The highest BCUT2D eigenvalue weighted by Gasteiger charge is 2.24. The van der Waals surface area contributed by atoms with Crippen LogP contribution < -0.4 is 10.2 Å². The van der Waals surface area contributed by atoms with Crippen LogP contribution in [0.5, 0.6) is 0 Å². The van der Waals surface area contributed by atoms with Crippen molar-refractivity contribution >= 4 is 23.2 Å². The molecule has 0 radical (unpaired) electrons. The molecule has 0 aromatic heterocycles. The van der Waals surface area contributed by atoms with E-state index in [1.165, 1.54) is 6.92 Å². The summed E-state index contributed by atoms with van der Waals surface area (Å²) in [6.07, 6.45) is 0.833. The van der Waals surface area contributed by atoms with Gasteiger partial charge in [-0.2, -0.15) is 0 Å². The Kier molecular flexibility index (Phi) is 6.19. The SMILES string of the molecule is CCc1ccccc1NC(=O)CN(C(C)=O)c1ccccc1C(C)(C)C. The van der Waals surface area contributed by atoms with Crippen molar-refractivity contribution in [2.75, 3.05) is 16.8 Å². The van der Waals surface area contributed by atoms with E-state index in [4.69, 9.17) is 0 Å². The van der Waals surface area contributed by atoms with Crippen LogP contribution in [0.4, 0.5) is 11.4 Å². The molecule has 0 aliphatic carbocycles. The van der Waals surface area contributed by atoms with Crippen LogP contribution in [0.1, 0.15) is 45.7 Å². The van der Waals surface area contributed by atoms with E-state index in [2.05, 4.69) is 26.1 Å². The van der Waals surface area contributed by atoms with Gasteiger partial charge in [0.25, 0.3) is 0 Å². The maximum Gasteiger partial charge on any atom is 0.244 e. The van der Waals surface area contributed by atoms with Crippen LogP contribution >= 0.6 is 0 Å². The largest absolute Gasteiger partial charge is 0.324 e. The molecule has 1 N–H and O–H groups in total. The molecule has 138 valence electrons. The number of rotatable bonds is 5. The van der Waals surface area contributed by atoms with Gasteiger partial charge in [0.15, 0.2) is 0 Å². The highest BCUT2D eigenvalue weighted by Crippen LogP contribution is 2.32. The number of anilines is 2. The number of hydrogen-bond acceptors (Lipinski definition) is 2. The van der Waals surface area contributed by atoms with Crippen LogP contribution in [0.15, 0.2) is 48.5 Å². The van der Waals surface area contributed by atoms with Gasteiger partial charge in [-0.15, -0.1) is 0 Å². The molecule has 2 aromatic carbocycles. The first-order valence-electron chi connectivity index (χ1n) is 8.99. The van der Waals surface area contributed by atoms with Crippen molar-refractivity contribution in [3.05, 3.63) is 59.7 Å². The van der Waals surface area contributed by atoms with Crippen LogP contribution in [0.2, 0.25) is 0 Å². The number of hydrogen-bond donors (Lipinski definition) is 1. The number of nitrogens with one attached hydrogen (secondary N) is 1. The third-order valence-corrected chi connectivity index (χ3v) is 4.36. The minimum Gasteiger partial charge on any atom is -0.324 e. The van der Waals surface area contributed by atoms with Crippen LogP contribution in [0.3, 0.4) is 0 Å². The van der Waals surface area contributed by atoms with Crippen molar-refractivity contribution in [2.24, 2.45) is 0 Å². The number of nitrogens with zero attached hydrogens (tertiary/aromatic N) is 1. The van der Waals surface area contributed by atoms with Gasteiger partial charge in [-0.3, -0.25) is 9.59 Å². The van der Waals surface area contributed by atoms with Crippen molar-refractivity contribution in [1.29, 1.82) is 0 Å². The van der Waals surface area contributed by atoms with Crippen LogP contribution in [-0.2, 0) is 21.4 Å². The molecule has 0 aliphatic heterocycles. The smallest absolute Gasteiger partial charge is 0.244 e. The molecule has 2 aromatic rings. The molecular weight excluding hydrogens is 324 g/mol. The first kappa shape index (κ1) is 19.7. The summed E-state index contributed by atoms with van der Waals surface area (Å²) < 4.78 is 0. The van der Waals surface area contributed by atoms with Gasteiger partial charge in [0.1, 0.15) is 6.54 Å². The average Bonchev–Trinajstić information content (AvgIpc) is 2.59. The van der Waals surface area contributed by atoms with E-state index in [9.17, 15) is 9.59 Å². The predicted octanol–water partition coefficient (Wildman–Crippen LogP) is 4.54. The normalized spacial score (nSPS) is 11.1. The van der Waals surface area contributed by atoms with E-state index in [1.807, 2.05) is 55.5 Å². The van der Waals surface area contributed by atoms with E-state index in [-0.39, 0.29) is 23.8 Å². The number of carbonyl (C=O) groups is 2. The second kappa shape index (κ2) is 8.17. The lowest BCUT2D eigenvalue weighted by Gasteiger charge is -2.29. The molecule has 2 rings (SSSR count). The second-order valence-corrected chi connectivity index (χ2v) is 7.43. The summed E-state index contributed by atoms with van der Waals surface area (Å²) in [7, 11) is 0. The van der Waals surface area contributed by atoms with E-state index in [0.717, 1.165) is 28.9 Å². The zero-order chi connectivity index (χ0) is 19.3. The summed E-state index contributed by atoms with van der Waals surface area (Å²) >= 11 is 0. The fourth-order valence-corrected chi connectivity index (χ4v) is 2.99. The van der Waals surface area contributed by atoms with E-state index in [1.54, 1.807) is 4.90 Å². The summed E-state index contributed by atoms with van der Waals surface area (Å²) in [5.74, 6) is -0.356. The quantitative estimate of drug-likeness (QED) is 0.859. The highest BCUT2D eigenvalue weighted by molar-refractivity contribution is 6.02. The summed E-state index contributed by atoms with van der Waals surface area (Å²) in [5, 5.41) is 2.94. The fraction of sp³-hybridized carbons (Fsp3) is 0.364. The Bertz CT molecular complexity index is 791. The maximum absolute atomic E-state index is 12.6. The topological polar surface area (TPSA) is 49.4 Å². The van der Waals surface area contributed by atoms with Gasteiger partial charge < -0.3 is 10.2 Å². The summed E-state index contributed by atoms with van der Waals surface area (Å²) in [6, 6.07) is 15.5. The molecule has 0 unspecified atom stereocenters. The van der Waals surface area contributed by atoms with Crippen LogP contribution in [-0.4, -0.2) is 18.4 Å². The molecule has 0 heterocycles. The lowest BCUT2D eigenvalue weighted by atomic mass is 9.85. The van der Waals surface area contributed by atoms with Crippen molar-refractivity contribution in [3.8, 4) is 0 Å². The van der Waals surface area contributed by atoms with Crippen LogP contribution in [0, 0.1) is 0 Å². The molecule has 0 bridgehead atoms. The molecule has 2 amide bonds. The highest BCUT2D eigenvalue weighted by atomic mass is 16.2. The molecule has 26 heavy (non-hydrogen) atoms. The maximum atomic E-state index is 12.6. The molecule has 0 aliphatic rings. The number of carbonyl (C=O) groups excluding carboxylic acids is 2. The predicted molar refractivity (Wildman–Crippen MR) is 108 cm³/mol. The van der Waals surface area contributed by atoms with Crippen LogP contribution in [0.25, 0.3) is 0 Å². The van der Waals surface area contributed by atoms with Crippen molar-refractivity contribution in [3.63, 3.8) is 0 Å². The molecule has 4 heteroatoms. The Morgan fingerprint density at radius 3 is 2.23 bits per heavy atom. The fourth-order valence-electron chi connectivity index (χ4n) is 2.99. The van der Waals surface area contributed by atoms with Gasteiger partial charge in [0.05, 0.1) is 0 Å². The summed E-state index contributed by atoms with van der Waals surface area (Å²) in [5.41, 5.74) is 3.57. The Labute approximate surface area is 156 Å². The Balaban J connectivity index is 2.27. The number of para-hydroxylation sites is 2. The summed E-state index contributed by atoms with van der Waals surface area (Å²) in [6.45, 7) is 9.82. The van der Waals surface area contributed by atoms with E-state index >= 15 is 0 Å². The standard InChI is InChI=1S/C22H28N2O2/c1-6-17-11-7-9-13-19(17)23-21(26)15-24(16(2)25)20-14-10-8-12-18(20)22(3,4)5/h7-14H,6,15H2,1-5H3,(H,23,26). The Hall–Kier alpha value is -2.62. The van der Waals surface area contributed by atoms with Gasteiger partial charge in [0.2, 0.25) is 11.8 Å². The van der Waals surface area contributed by atoms with Crippen molar-refractivity contribution < 1.29 is 9.59 Å². The Morgan fingerprint density at radius 1 is 1.00 bits per heavy atom. The van der Waals surface area contributed by atoms with Gasteiger partial charge in [-0.25, -0.2) is 0 Å². The second-order valence-electron chi connectivity index (χ2n) is 7.43. The lowest BCUT2D eigenvalue weighted by Crippen LogP contribution is -2.38. The molecule has 0 fully saturated rings. The van der Waals surface area contributed by atoms with Gasteiger partial charge in [-0.05, 0) is 35.1 Å². The molecule has 0 saturated carbocycles. The number of benzene rings is 2. The lowest BCUT2D eigenvalue weighted by molar-refractivity contribution is -0.120.